The highest BCUT2D eigenvalue weighted by Crippen LogP contribution is 2.27. The molecule has 11 heteroatoms. The summed E-state index contributed by atoms with van der Waals surface area (Å²) in [7, 11) is 1.25. The Labute approximate surface area is 144 Å². The molecule has 0 aliphatic rings. The average Bonchev–Trinajstić information content (AvgIpc) is 3.05. The summed E-state index contributed by atoms with van der Waals surface area (Å²) in [5.41, 5.74) is 0.843. The number of imidazole rings is 1. The zero-order chi connectivity index (χ0) is 17.5. The van der Waals surface area contributed by atoms with Crippen molar-refractivity contribution in [2.24, 2.45) is 0 Å². The molecule has 0 fully saturated rings. The van der Waals surface area contributed by atoms with E-state index in [1.165, 1.54) is 18.6 Å². The van der Waals surface area contributed by atoms with Gasteiger partial charge in [-0.2, -0.15) is 0 Å². The standard InChI is InChI=1S/C13H13N4O4PS2/c1-16(2)24(19,20)12-15-17-7-10(14-11(17)23-12)8-4-3-5-9(6-8)21-13(18)22/h3-7H,22H2,1-2H3. The molecule has 0 spiro atoms. The van der Waals surface area contributed by atoms with Crippen molar-refractivity contribution in [1.29, 1.82) is 0 Å². The predicted molar refractivity (Wildman–Crippen MR) is 92.9 cm³/mol. The molecule has 2 aromatic heterocycles. The van der Waals surface area contributed by atoms with Crippen molar-refractivity contribution in [2.75, 3.05) is 14.1 Å². The van der Waals surface area contributed by atoms with Crippen LogP contribution >= 0.6 is 20.6 Å². The average molecular weight is 384 g/mol. The zero-order valence-electron chi connectivity index (χ0n) is 12.7. The number of hydrogen-bond acceptors (Lipinski definition) is 7. The molecule has 1 aromatic carbocycles. The van der Waals surface area contributed by atoms with E-state index in [2.05, 4.69) is 10.1 Å². The fourth-order valence-corrected chi connectivity index (χ4v) is 4.26. The van der Waals surface area contributed by atoms with Crippen LogP contribution in [0.4, 0.5) is 4.79 Å². The van der Waals surface area contributed by atoms with Crippen LogP contribution in [0.1, 0.15) is 0 Å². The summed E-state index contributed by atoms with van der Waals surface area (Å²) in [4.78, 5) is 15.8. The maximum atomic E-state index is 12.1. The zero-order valence-corrected chi connectivity index (χ0v) is 15.5. The van der Waals surface area contributed by atoms with E-state index in [1.807, 2.05) is 15.3 Å². The lowest BCUT2D eigenvalue weighted by molar-refractivity contribution is 0.227. The molecule has 1 unspecified atom stereocenters. The molecule has 3 aromatic rings. The van der Waals surface area contributed by atoms with Gasteiger partial charge < -0.3 is 4.74 Å². The molecular weight excluding hydrogens is 371 g/mol. The predicted octanol–water partition coefficient (Wildman–Crippen LogP) is 2.08. The molecular formula is C13H13N4O4PS2. The fourth-order valence-electron chi connectivity index (χ4n) is 1.92. The minimum absolute atomic E-state index is 0.0211. The number of carbonyl (C=O) groups is 1. The van der Waals surface area contributed by atoms with Crippen LogP contribution in [0.15, 0.2) is 34.8 Å². The minimum atomic E-state index is -3.59. The molecule has 0 saturated heterocycles. The van der Waals surface area contributed by atoms with E-state index in [0.29, 0.717) is 16.4 Å². The van der Waals surface area contributed by atoms with Crippen molar-refractivity contribution in [3.05, 3.63) is 30.5 Å². The Morgan fingerprint density at radius 2 is 2.12 bits per heavy atom. The third-order valence-corrected chi connectivity index (χ3v) is 6.28. The van der Waals surface area contributed by atoms with Gasteiger partial charge in [0.25, 0.3) is 10.0 Å². The Kier molecular flexibility index (Phi) is 4.39. The van der Waals surface area contributed by atoms with E-state index >= 15 is 0 Å². The maximum absolute atomic E-state index is 12.1. The lowest BCUT2D eigenvalue weighted by atomic mass is 10.1. The summed E-state index contributed by atoms with van der Waals surface area (Å²) < 4.78 is 31.7. The van der Waals surface area contributed by atoms with Crippen LogP contribution in [0, 0.1) is 0 Å². The van der Waals surface area contributed by atoms with Crippen molar-refractivity contribution in [1.82, 2.24) is 18.9 Å². The first-order chi connectivity index (χ1) is 11.3. The minimum Gasteiger partial charge on any atom is -0.424 e. The van der Waals surface area contributed by atoms with Gasteiger partial charge in [-0.25, -0.2) is 27.0 Å². The third kappa shape index (κ3) is 3.18. The number of hydrogen-bond donors (Lipinski definition) is 0. The summed E-state index contributed by atoms with van der Waals surface area (Å²) in [5, 5.41) is 4.08. The van der Waals surface area contributed by atoms with E-state index in [4.69, 9.17) is 4.74 Å². The highest BCUT2D eigenvalue weighted by molar-refractivity contribution is 7.91. The number of benzene rings is 1. The molecule has 0 amide bonds. The molecule has 0 aliphatic carbocycles. The van der Waals surface area contributed by atoms with Gasteiger partial charge in [-0.15, -0.1) is 5.10 Å². The number of nitrogens with zero attached hydrogens (tertiary/aromatic N) is 4. The highest BCUT2D eigenvalue weighted by Gasteiger charge is 2.23. The van der Waals surface area contributed by atoms with Crippen LogP contribution < -0.4 is 4.74 Å². The van der Waals surface area contributed by atoms with Gasteiger partial charge in [0.15, 0.2) is 0 Å². The second-order valence-electron chi connectivity index (χ2n) is 4.96. The second-order valence-corrected chi connectivity index (χ2v) is 8.71. The van der Waals surface area contributed by atoms with Gasteiger partial charge in [0.2, 0.25) is 9.30 Å². The Bertz CT molecular complexity index is 994. The van der Waals surface area contributed by atoms with Crippen LogP contribution in [-0.4, -0.2) is 47.1 Å². The first-order valence-corrected chi connectivity index (χ1v) is 9.47. The first kappa shape index (κ1) is 17.0. The van der Waals surface area contributed by atoms with E-state index < -0.39 is 15.7 Å². The number of carbonyl (C=O) groups excluding carboxylic acids is 1. The molecule has 1 atom stereocenters. The Balaban J connectivity index is 1.98. The molecule has 2 heterocycles. The Morgan fingerprint density at radius 3 is 2.75 bits per heavy atom. The summed E-state index contributed by atoms with van der Waals surface area (Å²) in [6.45, 7) is 0. The summed E-state index contributed by atoms with van der Waals surface area (Å²) >= 11 is 0.985. The monoisotopic (exact) mass is 384 g/mol. The molecule has 0 bridgehead atoms. The first-order valence-electron chi connectivity index (χ1n) is 6.64. The number of fused-ring (bicyclic) bond motifs is 1. The molecule has 8 nitrogen and oxygen atoms in total. The molecule has 24 heavy (non-hydrogen) atoms. The number of sulfonamides is 1. The van der Waals surface area contributed by atoms with Gasteiger partial charge in [0.1, 0.15) is 5.75 Å². The number of ether oxygens (including phenoxy) is 1. The largest absolute Gasteiger partial charge is 0.424 e. The van der Waals surface area contributed by atoms with Gasteiger partial charge in [-0.1, -0.05) is 23.5 Å². The lowest BCUT2D eigenvalue weighted by Gasteiger charge is -2.06. The molecule has 0 radical (unpaired) electrons. The maximum Gasteiger partial charge on any atom is 0.325 e. The molecule has 0 aliphatic heterocycles. The van der Waals surface area contributed by atoms with Gasteiger partial charge in [-0.3, -0.25) is 0 Å². The molecule has 126 valence electrons. The van der Waals surface area contributed by atoms with Gasteiger partial charge in [0, 0.05) is 19.7 Å². The number of rotatable bonds is 4. The summed E-state index contributed by atoms with van der Waals surface area (Å²) in [6.07, 6.45) is 1.63. The fraction of sp³-hybridized carbons (Fsp3) is 0.154. The van der Waals surface area contributed by atoms with Crippen LogP contribution in [-0.2, 0) is 10.0 Å². The lowest BCUT2D eigenvalue weighted by Crippen LogP contribution is -2.22. The van der Waals surface area contributed by atoms with E-state index in [0.717, 1.165) is 21.2 Å². The van der Waals surface area contributed by atoms with Crippen LogP contribution in [0.2, 0.25) is 0 Å². The smallest absolute Gasteiger partial charge is 0.325 e. The Hall–Kier alpha value is -1.87. The van der Waals surface area contributed by atoms with Crippen LogP contribution in [0.3, 0.4) is 0 Å². The van der Waals surface area contributed by atoms with E-state index in [9.17, 15) is 13.2 Å². The van der Waals surface area contributed by atoms with Crippen LogP contribution in [0.5, 0.6) is 5.75 Å². The Morgan fingerprint density at radius 1 is 1.38 bits per heavy atom. The van der Waals surface area contributed by atoms with Crippen molar-refractivity contribution in [3.63, 3.8) is 0 Å². The summed E-state index contributed by atoms with van der Waals surface area (Å²) in [5.74, 6) is 0.396. The summed E-state index contributed by atoms with van der Waals surface area (Å²) in [6, 6.07) is 6.88. The molecule has 3 rings (SSSR count). The quantitative estimate of drug-likeness (QED) is 0.640. The van der Waals surface area contributed by atoms with Crippen molar-refractivity contribution >= 4 is 41.3 Å². The van der Waals surface area contributed by atoms with Gasteiger partial charge >= 0.3 is 5.71 Å². The topological polar surface area (TPSA) is 93.9 Å². The molecule has 0 N–H and O–H groups in total. The highest BCUT2D eigenvalue weighted by atomic mass is 32.2. The molecule has 0 saturated carbocycles. The van der Waals surface area contributed by atoms with Gasteiger partial charge in [-0.05, 0) is 21.4 Å². The van der Waals surface area contributed by atoms with Crippen LogP contribution in [0.25, 0.3) is 16.2 Å². The van der Waals surface area contributed by atoms with E-state index in [-0.39, 0.29) is 4.34 Å². The van der Waals surface area contributed by atoms with Crippen molar-refractivity contribution in [3.8, 4) is 17.0 Å². The third-order valence-electron chi connectivity index (χ3n) is 3.07. The second kappa shape index (κ2) is 6.21. The SMILES string of the molecule is CN(C)S(=O)(=O)c1nn2cc(-c3cccc(OC(=O)P)c3)nc2s1. The van der Waals surface area contributed by atoms with E-state index in [1.54, 1.807) is 24.4 Å². The number of aromatic nitrogens is 3. The van der Waals surface area contributed by atoms with Gasteiger partial charge in [0.05, 0.1) is 11.9 Å². The van der Waals surface area contributed by atoms with Crippen molar-refractivity contribution < 1.29 is 17.9 Å². The normalized spacial score (nSPS) is 12.0. The van der Waals surface area contributed by atoms with Crippen molar-refractivity contribution in [2.45, 2.75) is 4.34 Å².